The average molecular weight is 542 g/mol. The molecule has 10 heteroatoms. The molecular weight excluding hydrogens is 502 g/mol. The lowest BCUT2D eigenvalue weighted by molar-refractivity contribution is -0.153. The van der Waals surface area contributed by atoms with Gasteiger partial charge < -0.3 is 24.8 Å². The second-order valence-electron chi connectivity index (χ2n) is 9.96. The number of hydrogen-bond donors (Lipinski definition) is 2. The Labute approximate surface area is 230 Å². The van der Waals surface area contributed by atoms with Crippen LogP contribution >= 0.6 is 12.2 Å². The van der Waals surface area contributed by atoms with Crippen molar-refractivity contribution < 1.29 is 19.0 Å². The Morgan fingerprint density at radius 3 is 2.50 bits per heavy atom. The zero-order valence-electron chi connectivity index (χ0n) is 23.2. The summed E-state index contributed by atoms with van der Waals surface area (Å²) in [5.74, 6) is 0.999. The van der Waals surface area contributed by atoms with Crippen molar-refractivity contribution in [3.63, 3.8) is 0 Å². The molecule has 0 unspecified atom stereocenters. The standard InChI is InChI=1S/C28H39N5O4S/c1-19-9-11-22(8-7-14-37-26(34)28(3,4)5)23(20(19)2)18-31-27(38)30-17-21-10-12-24(25(16-21)35-6)36-15-13-32-33-29/h9-12,16H,7-8,13-15,17-18H2,1-6H3,(H2,30,31,38). The van der Waals surface area contributed by atoms with Crippen molar-refractivity contribution in [2.75, 3.05) is 26.9 Å². The highest BCUT2D eigenvalue weighted by Crippen LogP contribution is 2.28. The molecule has 0 spiro atoms. The normalized spacial score (nSPS) is 10.8. The molecule has 0 aromatic heterocycles. The van der Waals surface area contributed by atoms with Crippen LogP contribution in [0.15, 0.2) is 35.4 Å². The molecular formula is C28H39N5O4S. The topological polar surface area (TPSA) is 118 Å². The molecule has 2 rings (SSSR count). The minimum atomic E-state index is -0.493. The molecule has 2 aromatic carbocycles. The van der Waals surface area contributed by atoms with Gasteiger partial charge in [-0.15, -0.1) is 0 Å². The van der Waals surface area contributed by atoms with E-state index >= 15 is 0 Å². The molecule has 0 amide bonds. The SMILES string of the molecule is COc1cc(CNC(=S)NCc2c(CCCOC(=O)C(C)(C)C)ccc(C)c2C)ccc1OCCN=[N+]=[N-]. The molecule has 0 saturated carbocycles. The monoisotopic (exact) mass is 541 g/mol. The Morgan fingerprint density at radius 1 is 1.08 bits per heavy atom. The molecule has 2 aromatic rings. The third-order valence-corrected chi connectivity index (χ3v) is 6.31. The second-order valence-corrected chi connectivity index (χ2v) is 10.4. The van der Waals surface area contributed by atoms with Crippen LogP contribution in [0, 0.1) is 19.3 Å². The number of carbonyl (C=O) groups is 1. The van der Waals surface area contributed by atoms with Crippen molar-refractivity contribution in [1.82, 2.24) is 10.6 Å². The first-order valence-corrected chi connectivity index (χ1v) is 13.0. The lowest BCUT2D eigenvalue weighted by Gasteiger charge is -2.19. The first kappa shape index (κ1) is 30.7. The summed E-state index contributed by atoms with van der Waals surface area (Å²) in [5, 5.41) is 10.6. The van der Waals surface area contributed by atoms with Crippen molar-refractivity contribution in [2.45, 2.75) is 60.5 Å². The van der Waals surface area contributed by atoms with Crippen molar-refractivity contribution >= 4 is 23.3 Å². The van der Waals surface area contributed by atoms with E-state index < -0.39 is 5.41 Å². The van der Waals surface area contributed by atoms with E-state index in [1.807, 2.05) is 39.0 Å². The van der Waals surface area contributed by atoms with E-state index in [1.165, 1.54) is 22.3 Å². The number of hydrogen-bond acceptors (Lipinski definition) is 6. The number of methoxy groups -OCH3 is 1. The number of nitrogens with zero attached hydrogens (tertiary/aromatic N) is 3. The third kappa shape index (κ3) is 9.76. The molecule has 0 atom stereocenters. The lowest BCUT2D eigenvalue weighted by Crippen LogP contribution is -2.34. The van der Waals surface area contributed by atoms with Crippen LogP contribution in [0.25, 0.3) is 10.4 Å². The van der Waals surface area contributed by atoms with Crippen LogP contribution in [-0.4, -0.2) is 38.0 Å². The molecule has 9 nitrogen and oxygen atoms in total. The summed E-state index contributed by atoms with van der Waals surface area (Å²) in [6, 6.07) is 9.90. The molecule has 2 N–H and O–H groups in total. The molecule has 38 heavy (non-hydrogen) atoms. The number of rotatable bonds is 13. The van der Waals surface area contributed by atoms with Gasteiger partial charge in [-0.1, -0.05) is 23.3 Å². The number of benzene rings is 2. The van der Waals surface area contributed by atoms with Gasteiger partial charge in [0.05, 0.1) is 32.3 Å². The van der Waals surface area contributed by atoms with Crippen LogP contribution in [-0.2, 0) is 29.0 Å². The van der Waals surface area contributed by atoms with Crippen LogP contribution in [0.4, 0.5) is 0 Å². The summed E-state index contributed by atoms with van der Waals surface area (Å²) in [4.78, 5) is 14.7. The number of carbonyl (C=O) groups excluding carboxylic acids is 1. The van der Waals surface area contributed by atoms with Gasteiger partial charge in [-0.05, 0) is 105 Å². The van der Waals surface area contributed by atoms with Crippen molar-refractivity contribution in [1.29, 1.82) is 0 Å². The van der Waals surface area contributed by atoms with E-state index in [0.717, 1.165) is 18.4 Å². The molecule has 0 saturated heterocycles. The number of nitrogens with one attached hydrogen (secondary N) is 2. The van der Waals surface area contributed by atoms with E-state index in [9.17, 15) is 4.79 Å². The summed E-state index contributed by atoms with van der Waals surface area (Å²) >= 11 is 5.54. The van der Waals surface area contributed by atoms with E-state index in [4.69, 9.17) is 32.0 Å². The Morgan fingerprint density at radius 2 is 1.82 bits per heavy atom. The van der Waals surface area contributed by atoms with E-state index in [2.05, 4.69) is 46.6 Å². The molecule has 0 radical (unpaired) electrons. The number of thiocarbonyl (C=S) groups is 1. The highest BCUT2D eigenvalue weighted by molar-refractivity contribution is 7.80. The molecule has 0 bridgehead atoms. The molecule has 0 aliphatic rings. The predicted molar refractivity (Wildman–Crippen MR) is 153 cm³/mol. The fourth-order valence-corrected chi connectivity index (χ4v) is 3.79. The minimum absolute atomic E-state index is 0.180. The number of azide groups is 1. The zero-order chi connectivity index (χ0) is 28.1. The Balaban J connectivity index is 1.92. The van der Waals surface area contributed by atoms with Gasteiger partial charge in [0.15, 0.2) is 16.6 Å². The predicted octanol–water partition coefficient (Wildman–Crippen LogP) is 5.69. The average Bonchev–Trinajstić information content (AvgIpc) is 2.88. The summed E-state index contributed by atoms with van der Waals surface area (Å²) < 4.78 is 16.5. The highest BCUT2D eigenvalue weighted by Gasteiger charge is 2.22. The van der Waals surface area contributed by atoms with Crippen molar-refractivity contribution in [3.8, 4) is 11.5 Å². The maximum atomic E-state index is 12.0. The minimum Gasteiger partial charge on any atom is -0.493 e. The van der Waals surface area contributed by atoms with Gasteiger partial charge in [0.1, 0.15) is 0 Å². The Hall–Kier alpha value is -3.49. The van der Waals surface area contributed by atoms with Gasteiger partial charge in [0.2, 0.25) is 0 Å². The van der Waals surface area contributed by atoms with Gasteiger partial charge in [-0.3, -0.25) is 4.79 Å². The summed E-state index contributed by atoms with van der Waals surface area (Å²) in [7, 11) is 1.58. The van der Waals surface area contributed by atoms with Gasteiger partial charge in [-0.2, -0.15) is 0 Å². The number of esters is 1. The summed E-state index contributed by atoms with van der Waals surface area (Å²) in [6.07, 6.45) is 1.57. The Kier molecular flexibility index (Phi) is 12.2. The third-order valence-electron chi connectivity index (χ3n) is 6.02. The molecule has 0 heterocycles. The number of aryl methyl sites for hydroxylation is 2. The van der Waals surface area contributed by atoms with Gasteiger partial charge in [0.25, 0.3) is 0 Å². The lowest BCUT2D eigenvalue weighted by atomic mass is 9.95. The molecule has 0 fully saturated rings. The Bertz CT molecular complexity index is 1160. The van der Waals surface area contributed by atoms with Gasteiger partial charge >= 0.3 is 5.97 Å². The van der Waals surface area contributed by atoms with Crippen LogP contribution in [0.1, 0.15) is 55.0 Å². The summed E-state index contributed by atoms with van der Waals surface area (Å²) in [6.45, 7) is 11.8. The zero-order valence-corrected chi connectivity index (χ0v) is 24.0. The van der Waals surface area contributed by atoms with E-state index in [1.54, 1.807) is 7.11 Å². The van der Waals surface area contributed by atoms with Crippen LogP contribution in [0.3, 0.4) is 0 Å². The van der Waals surface area contributed by atoms with Gasteiger partial charge in [-0.25, -0.2) is 0 Å². The van der Waals surface area contributed by atoms with E-state index in [0.29, 0.717) is 36.3 Å². The van der Waals surface area contributed by atoms with Gasteiger partial charge in [0, 0.05) is 18.0 Å². The van der Waals surface area contributed by atoms with Crippen LogP contribution < -0.4 is 20.1 Å². The maximum Gasteiger partial charge on any atom is 0.311 e. The fraction of sp³-hybridized carbons (Fsp3) is 0.500. The molecule has 0 aliphatic heterocycles. The first-order valence-electron chi connectivity index (χ1n) is 12.6. The first-order chi connectivity index (χ1) is 18.1. The summed E-state index contributed by atoms with van der Waals surface area (Å²) in [5.41, 5.74) is 13.7. The van der Waals surface area contributed by atoms with Crippen LogP contribution in [0.5, 0.6) is 11.5 Å². The van der Waals surface area contributed by atoms with Crippen molar-refractivity contribution in [2.24, 2.45) is 10.5 Å². The second kappa shape index (κ2) is 15.1. The quantitative estimate of drug-likeness (QED) is 0.0835. The maximum absolute atomic E-state index is 12.0. The largest absolute Gasteiger partial charge is 0.493 e. The molecule has 0 aliphatic carbocycles. The van der Waals surface area contributed by atoms with Crippen LogP contribution in [0.2, 0.25) is 0 Å². The fourth-order valence-electron chi connectivity index (χ4n) is 3.65. The smallest absolute Gasteiger partial charge is 0.311 e. The number of ether oxygens (including phenoxy) is 3. The van der Waals surface area contributed by atoms with Crippen molar-refractivity contribution in [3.05, 3.63) is 68.6 Å². The highest BCUT2D eigenvalue weighted by atomic mass is 32.1. The van der Waals surface area contributed by atoms with E-state index in [-0.39, 0.29) is 19.1 Å². The molecule has 206 valence electrons.